The molecule has 1 saturated heterocycles. The molecule has 2 aliphatic rings. The number of nitrogens with one attached hydrogen (secondary N) is 3. The average molecular weight is 518 g/mol. The summed E-state index contributed by atoms with van der Waals surface area (Å²) < 4.78 is 27.7. The fraction of sp³-hybridized carbons (Fsp3) is 0.542. The molecule has 1 saturated carbocycles. The van der Waals surface area contributed by atoms with Crippen LogP contribution in [0.3, 0.4) is 0 Å². The quantitative estimate of drug-likeness (QED) is 0.354. The van der Waals surface area contributed by atoms with Gasteiger partial charge in [-0.3, -0.25) is 14.6 Å². The number of hydrogen-bond donors (Lipinski definition) is 5. The van der Waals surface area contributed by atoms with Gasteiger partial charge in [-0.1, -0.05) is 25.7 Å². The van der Waals surface area contributed by atoms with Crippen molar-refractivity contribution in [3.63, 3.8) is 0 Å². The molecular formula is C24H35N7O4S. The molecule has 1 aliphatic heterocycles. The van der Waals surface area contributed by atoms with E-state index in [-0.39, 0.29) is 27.8 Å². The van der Waals surface area contributed by atoms with E-state index >= 15 is 0 Å². The van der Waals surface area contributed by atoms with Crippen molar-refractivity contribution in [3.8, 4) is 0 Å². The summed E-state index contributed by atoms with van der Waals surface area (Å²) in [4.78, 5) is 31.8. The summed E-state index contributed by atoms with van der Waals surface area (Å²) in [5.41, 5.74) is 11.6. The number of hydrogen-bond acceptors (Lipinski definition) is 8. The predicted molar refractivity (Wildman–Crippen MR) is 139 cm³/mol. The minimum atomic E-state index is -3.60. The molecule has 0 unspecified atom stereocenters. The molecule has 1 amide bonds. The summed E-state index contributed by atoms with van der Waals surface area (Å²) >= 11 is 0. The van der Waals surface area contributed by atoms with Gasteiger partial charge in [-0.2, -0.15) is 9.29 Å². The maximum atomic E-state index is 13.1. The van der Waals surface area contributed by atoms with Crippen molar-refractivity contribution in [2.75, 3.05) is 30.3 Å². The molecule has 1 aromatic heterocycles. The molecule has 7 N–H and O–H groups in total. The van der Waals surface area contributed by atoms with Gasteiger partial charge in [0.15, 0.2) is 5.82 Å². The van der Waals surface area contributed by atoms with Gasteiger partial charge in [0.2, 0.25) is 16.0 Å². The van der Waals surface area contributed by atoms with E-state index in [1.54, 1.807) is 19.1 Å². The highest BCUT2D eigenvalue weighted by atomic mass is 32.2. The Labute approximate surface area is 211 Å². The van der Waals surface area contributed by atoms with Crippen molar-refractivity contribution in [2.45, 2.75) is 68.7 Å². The first kappa shape index (κ1) is 26.1. The monoisotopic (exact) mass is 517 g/mol. The van der Waals surface area contributed by atoms with Crippen LogP contribution in [0.25, 0.3) is 0 Å². The molecule has 36 heavy (non-hydrogen) atoms. The number of rotatable bonds is 8. The first-order valence-electron chi connectivity index (χ1n) is 12.4. The number of aryl methyl sites for hydroxylation is 1. The van der Waals surface area contributed by atoms with Gasteiger partial charge in [0.05, 0.1) is 4.90 Å². The van der Waals surface area contributed by atoms with E-state index in [4.69, 9.17) is 11.5 Å². The normalized spacial score (nSPS) is 18.5. The fourth-order valence-electron chi connectivity index (χ4n) is 4.97. The molecule has 2 fully saturated rings. The van der Waals surface area contributed by atoms with Crippen LogP contribution in [-0.2, 0) is 10.0 Å². The summed E-state index contributed by atoms with van der Waals surface area (Å²) in [5.74, 6) is -0.778. The largest absolute Gasteiger partial charge is 0.365 e. The van der Waals surface area contributed by atoms with Crippen molar-refractivity contribution in [1.82, 2.24) is 14.3 Å². The second kappa shape index (κ2) is 10.6. The third-order valence-corrected chi connectivity index (χ3v) is 9.05. The van der Waals surface area contributed by atoms with Gasteiger partial charge in [0, 0.05) is 30.9 Å². The van der Waals surface area contributed by atoms with E-state index in [2.05, 4.69) is 20.6 Å². The number of benzene rings is 1. The number of aromatic amines is 1. The Kier molecular flexibility index (Phi) is 7.67. The molecule has 2 aromatic rings. The molecule has 2 heterocycles. The zero-order valence-electron chi connectivity index (χ0n) is 20.6. The third-order valence-electron chi connectivity index (χ3n) is 6.99. The zero-order chi connectivity index (χ0) is 25.9. The first-order chi connectivity index (χ1) is 17.1. The van der Waals surface area contributed by atoms with Crippen LogP contribution < -0.4 is 27.7 Å². The summed E-state index contributed by atoms with van der Waals surface area (Å²) in [6.07, 6.45) is 7.75. The van der Waals surface area contributed by atoms with E-state index in [9.17, 15) is 18.0 Å². The number of nitrogens with two attached hydrogens (primary N) is 2. The fourth-order valence-corrected chi connectivity index (χ4v) is 6.69. The van der Waals surface area contributed by atoms with Crippen molar-refractivity contribution in [2.24, 2.45) is 11.5 Å². The van der Waals surface area contributed by atoms with Crippen molar-refractivity contribution >= 4 is 33.4 Å². The summed E-state index contributed by atoms with van der Waals surface area (Å²) in [7, 11) is -3.60. The molecule has 0 bridgehead atoms. The smallest absolute Gasteiger partial charge is 0.267 e. The van der Waals surface area contributed by atoms with E-state index < -0.39 is 21.5 Å². The number of carbonyl (C=O) groups excluding carboxylic acids is 1. The van der Waals surface area contributed by atoms with E-state index in [1.807, 2.05) is 0 Å². The van der Waals surface area contributed by atoms with E-state index in [0.29, 0.717) is 30.9 Å². The number of amides is 1. The Morgan fingerprint density at radius 1 is 1.14 bits per heavy atom. The van der Waals surface area contributed by atoms with Gasteiger partial charge in [-0.15, -0.1) is 0 Å². The Hall–Kier alpha value is -2.96. The van der Waals surface area contributed by atoms with Crippen molar-refractivity contribution < 1.29 is 13.2 Å². The van der Waals surface area contributed by atoms with E-state index in [1.165, 1.54) is 10.4 Å². The molecule has 4 rings (SSSR count). The molecule has 196 valence electrons. The van der Waals surface area contributed by atoms with Crippen LogP contribution in [0.15, 0.2) is 27.9 Å². The highest BCUT2D eigenvalue weighted by Gasteiger charge is 2.29. The lowest BCUT2D eigenvalue weighted by atomic mass is 9.82. The minimum absolute atomic E-state index is 0.0190. The molecule has 1 aliphatic carbocycles. The number of H-pyrrole nitrogens is 1. The van der Waals surface area contributed by atoms with Crippen LogP contribution in [0.2, 0.25) is 0 Å². The van der Waals surface area contributed by atoms with Gasteiger partial charge in [-0.05, 0) is 56.4 Å². The molecule has 0 atom stereocenters. The second-order valence-electron chi connectivity index (χ2n) is 9.85. The van der Waals surface area contributed by atoms with Crippen molar-refractivity contribution in [1.29, 1.82) is 0 Å². The lowest BCUT2D eigenvalue weighted by Crippen LogP contribution is -2.48. The zero-order valence-corrected chi connectivity index (χ0v) is 21.4. The van der Waals surface area contributed by atoms with Gasteiger partial charge < -0.3 is 22.1 Å². The standard InChI is InChI=1S/C24H35N7O4S/c1-16-14-17(8-9-18(16)36(34,35)31-12-6-3-7-13-31)28-21-19(20(25)32)22(33)30-23(29-21)27-15-24(26)10-4-2-5-11-24/h8-9,14H,2-7,10-13,15,26H2,1H3,(H2,25,32)(H3,27,28,29,30,33). The number of primary amides is 1. The molecule has 0 spiro atoms. The molecule has 1 aromatic carbocycles. The molecule has 12 heteroatoms. The lowest BCUT2D eigenvalue weighted by Gasteiger charge is -2.33. The Bertz CT molecular complexity index is 1280. The van der Waals surface area contributed by atoms with Crippen LogP contribution in [0.1, 0.15) is 67.3 Å². The number of aromatic nitrogens is 2. The van der Waals surface area contributed by atoms with Gasteiger partial charge >= 0.3 is 0 Å². The summed E-state index contributed by atoms with van der Waals surface area (Å²) in [5, 5.41) is 6.07. The average Bonchev–Trinajstić information content (AvgIpc) is 2.83. The topological polar surface area (TPSA) is 176 Å². The van der Waals surface area contributed by atoms with Crippen LogP contribution >= 0.6 is 0 Å². The number of anilines is 3. The minimum Gasteiger partial charge on any atom is -0.365 e. The Morgan fingerprint density at radius 3 is 2.44 bits per heavy atom. The maximum Gasteiger partial charge on any atom is 0.267 e. The Morgan fingerprint density at radius 2 is 1.81 bits per heavy atom. The Balaban J connectivity index is 1.58. The van der Waals surface area contributed by atoms with Crippen LogP contribution in [0, 0.1) is 6.92 Å². The predicted octanol–water partition coefficient (Wildman–Crippen LogP) is 2.17. The van der Waals surface area contributed by atoms with Crippen LogP contribution in [0.4, 0.5) is 17.5 Å². The lowest BCUT2D eigenvalue weighted by molar-refractivity contribution is 0.0999. The van der Waals surface area contributed by atoms with Crippen LogP contribution in [0.5, 0.6) is 0 Å². The number of sulfonamides is 1. The number of carbonyl (C=O) groups is 1. The van der Waals surface area contributed by atoms with Gasteiger partial charge in [-0.25, -0.2) is 8.42 Å². The van der Waals surface area contributed by atoms with Crippen molar-refractivity contribution in [3.05, 3.63) is 39.7 Å². The highest BCUT2D eigenvalue weighted by Crippen LogP contribution is 2.28. The molecular weight excluding hydrogens is 482 g/mol. The summed E-state index contributed by atoms with van der Waals surface area (Å²) in [6, 6.07) is 4.76. The van der Waals surface area contributed by atoms with Gasteiger partial charge in [0.25, 0.3) is 11.5 Å². The SMILES string of the molecule is Cc1cc(Nc2nc(NCC3(N)CCCCC3)[nH]c(=O)c2C(N)=O)ccc1S(=O)(=O)N1CCCCC1. The molecule has 11 nitrogen and oxygen atoms in total. The van der Waals surface area contributed by atoms with Gasteiger partial charge in [0.1, 0.15) is 5.56 Å². The maximum absolute atomic E-state index is 13.1. The number of nitrogens with zero attached hydrogens (tertiary/aromatic N) is 2. The summed E-state index contributed by atoms with van der Waals surface area (Å²) in [6.45, 7) is 3.16. The van der Waals surface area contributed by atoms with E-state index in [0.717, 1.165) is 51.4 Å². The number of piperidine rings is 1. The molecule has 0 radical (unpaired) electrons. The second-order valence-corrected chi connectivity index (χ2v) is 11.8. The van der Waals surface area contributed by atoms with Crippen LogP contribution in [-0.4, -0.2) is 53.8 Å². The first-order valence-corrected chi connectivity index (χ1v) is 13.9. The third kappa shape index (κ3) is 5.71. The highest BCUT2D eigenvalue weighted by molar-refractivity contribution is 7.89.